The van der Waals surface area contributed by atoms with Crippen molar-refractivity contribution in [1.29, 1.82) is 0 Å². The van der Waals surface area contributed by atoms with Gasteiger partial charge in [0.25, 0.3) is 0 Å². The summed E-state index contributed by atoms with van der Waals surface area (Å²) in [6.45, 7) is 4.95. The third-order valence-electron chi connectivity index (χ3n) is 4.81. The SMILES string of the molecule is Cc1nc(OCCNS(=O)(=O)c2ccc3ccccc3c2)cc(N2CCOCC2)n1. The molecule has 4 rings (SSSR count). The molecule has 1 aliphatic heterocycles. The quantitative estimate of drug-likeness (QED) is 0.576. The van der Waals surface area contributed by atoms with Gasteiger partial charge in [0.2, 0.25) is 15.9 Å². The Labute approximate surface area is 175 Å². The van der Waals surface area contributed by atoms with Gasteiger partial charge in [0, 0.05) is 25.7 Å². The van der Waals surface area contributed by atoms with E-state index in [0.29, 0.717) is 24.9 Å². The first-order valence-electron chi connectivity index (χ1n) is 9.81. The third-order valence-corrected chi connectivity index (χ3v) is 6.27. The van der Waals surface area contributed by atoms with Crippen molar-refractivity contribution in [2.75, 3.05) is 44.4 Å². The van der Waals surface area contributed by atoms with Crippen LogP contribution in [0.3, 0.4) is 0 Å². The number of fused-ring (bicyclic) bond motifs is 1. The molecule has 0 atom stereocenters. The van der Waals surface area contributed by atoms with E-state index in [1.165, 1.54) is 0 Å². The molecular formula is C21H24N4O4S. The lowest BCUT2D eigenvalue weighted by atomic mass is 10.1. The lowest BCUT2D eigenvalue weighted by molar-refractivity contribution is 0.122. The Balaban J connectivity index is 1.36. The number of sulfonamides is 1. The molecule has 0 aliphatic carbocycles. The Bertz CT molecular complexity index is 1130. The Hall–Kier alpha value is -2.75. The van der Waals surface area contributed by atoms with E-state index in [0.717, 1.165) is 29.7 Å². The van der Waals surface area contributed by atoms with Crippen molar-refractivity contribution in [2.24, 2.45) is 0 Å². The first kappa shape index (κ1) is 20.5. The van der Waals surface area contributed by atoms with E-state index in [1.54, 1.807) is 31.2 Å². The zero-order valence-corrected chi connectivity index (χ0v) is 17.6. The highest BCUT2D eigenvalue weighted by Gasteiger charge is 2.16. The standard InChI is InChI=1S/C21H24N4O4S/c1-16-23-20(25-9-12-28-13-10-25)15-21(24-16)29-11-8-22-30(26,27)19-7-6-17-4-2-3-5-18(17)14-19/h2-7,14-15,22H,8-13H2,1H3. The maximum atomic E-state index is 12.6. The average molecular weight is 429 g/mol. The predicted molar refractivity (Wildman–Crippen MR) is 114 cm³/mol. The maximum absolute atomic E-state index is 12.6. The number of hydrogen-bond donors (Lipinski definition) is 1. The summed E-state index contributed by atoms with van der Waals surface area (Å²) in [6, 6.07) is 14.5. The molecule has 2 heterocycles. The Morgan fingerprint density at radius 3 is 2.63 bits per heavy atom. The van der Waals surface area contributed by atoms with E-state index >= 15 is 0 Å². The molecule has 1 fully saturated rings. The normalized spacial score (nSPS) is 14.8. The summed E-state index contributed by atoms with van der Waals surface area (Å²) in [5, 5.41) is 1.87. The molecule has 1 N–H and O–H groups in total. The minimum atomic E-state index is -3.62. The first-order valence-corrected chi connectivity index (χ1v) is 11.3. The molecule has 8 nitrogen and oxygen atoms in total. The van der Waals surface area contributed by atoms with Crippen molar-refractivity contribution in [3.05, 3.63) is 54.4 Å². The minimum absolute atomic E-state index is 0.130. The molecule has 158 valence electrons. The zero-order valence-electron chi connectivity index (χ0n) is 16.7. The maximum Gasteiger partial charge on any atom is 0.240 e. The molecule has 30 heavy (non-hydrogen) atoms. The summed E-state index contributed by atoms with van der Waals surface area (Å²) in [6.07, 6.45) is 0. The molecule has 0 radical (unpaired) electrons. The van der Waals surface area contributed by atoms with Gasteiger partial charge < -0.3 is 14.4 Å². The summed E-state index contributed by atoms with van der Waals surface area (Å²) in [5.41, 5.74) is 0. The number of rotatable bonds is 7. The van der Waals surface area contributed by atoms with Crippen LogP contribution in [-0.2, 0) is 14.8 Å². The van der Waals surface area contributed by atoms with Gasteiger partial charge in [-0.25, -0.2) is 18.1 Å². The van der Waals surface area contributed by atoms with Crippen LogP contribution in [0, 0.1) is 6.92 Å². The van der Waals surface area contributed by atoms with Crippen LogP contribution >= 0.6 is 0 Å². The summed E-state index contributed by atoms with van der Waals surface area (Å²) in [7, 11) is -3.62. The Morgan fingerprint density at radius 2 is 1.83 bits per heavy atom. The van der Waals surface area contributed by atoms with Crippen molar-refractivity contribution < 1.29 is 17.9 Å². The van der Waals surface area contributed by atoms with Crippen LogP contribution in [0.2, 0.25) is 0 Å². The third kappa shape index (κ3) is 4.86. The highest BCUT2D eigenvalue weighted by atomic mass is 32.2. The van der Waals surface area contributed by atoms with E-state index in [4.69, 9.17) is 9.47 Å². The summed E-state index contributed by atoms with van der Waals surface area (Å²) in [5.74, 6) is 1.82. The number of anilines is 1. The second-order valence-electron chi connectivity index (χ2n) is 6.97. The van der Waals surface area contributed by atoms with Crippen LogP contribution in [0.15, 0.2) is 53.4 Å². The molecular weight excluding hydrogens is 404 g/mol. The molecule has 0 bridgehead atoms. The minimum Gasteiger partial charge on any atom is -0.476 e. The van der Waals surface area contributed by atoms with Crippen LogP contribution in [0.4, 0.5) is 5.82 Å². The molecule has 1 aliphatic rings. The largest absolute Gasteiger partial charge is 0.476 e. The van der Waals surface area contributed by atoms with Gasteiger partial charge in [-0.15, -0.1) is 0 Å². The van der Waals surface area contributed by atoms with Gasteiger partial charge in [-0.3, -0.25) is 0 Å². The lowest BCUT2D eigenvalue weighted by Crippen LogP contribution is -2.37. The van der Waals surface area contributed by atoms with E-state index in [1.807, 2.05) is 24.3 Å². The molecule has 0 saturated carbocycles. The smallest absolute Gasteiger partial charge is 0.240 e. The topological polar surface area (TPSA) is 93.6 Å². The van der Waals surface area contributed by atoms with Crippen LogP contribution in [-0.4, -0.2) is 57.8 Å². The molecule has 1 aromatic heterocycles. The van der Waals surface area contributed by atoms with Crippen LogP contribution < -0.4 is 14.4 Å². The van der Waals surface area contributed by atoms with Gasteiger partial charge in [-0.1, -0.05) is 30.3 Å². The van der Waals surface area contributed by atoms with Gasteiger partial charge >= 0.3 is 0 Å². The monoisotopic (exact) mass is 428 g/mol. The van der Waals surface area contributed by atoms with Gasteiger partial charge in [0.1, 0.15) is 18.2 Å². The number of ether oxygens (including phenoxy) is 2. The highest BCUT2D eigenvalue weighted by Crippen LogP contribution is 2.20. The molecule has 0 amide bonds. The fourth-order valence-electron chi connectivity index (χ4n) is 3.30. The molecule has 9 heteroatoms. The molecule has 2 aromatic carbocycles. The summed E-state index contributed by atoms with van der Waals surface area (Å²) < 4.78 is 38.8. The number of aromatic nitrogens is 2. The molecule has 1 saturated heterocycles. The van der Waals surface area contributed by atoms with Crippen molar-refractivity contribution in [3.63, 3.8) is 0 Å². The summed E-state index contributed by atoms with van der Waals surface area (Å²) >= 11 is 0. The van der Waals surface area contributed by atoms with Crippen molar-refractivity contribution in [3.8, 4) is 5.88 Å². The van der Waals surface area contributed by atoms with Gasteiger partial charge in [-0.2, -0.15) is 4.98 Å². The zero-order chi connectivity index (χ0) is 21.0. The summed E-state index contributed by atoms with van der Waals surface area (Å²) in [4.78, 5) is 11.1. The second kappa shape index (κ2) is 8.95. The Morgan fingerprint density at radius 1 is 1.07 bits per heavy atom. The predicted octanol–water partition coefficient (Wildman–Crippen LogP) is 2.13. The molecule has 0 spiro atoms. The van der Waals surface area contributed by atoms with E-state index < -0.39 is 10.0 Å². The molecule has 0 unspecified atom stereocenters. The number of hydrogen-bond acceptors (Lipinski definition) is 7. The lowest BCUT2D eigenvalue weighted by Gasteiger charge is -2.28. The fraction of sp³-hybridized carbons (Fsp3) is 0.333. The van der Waals surface area contributed by atoms with Crippen molar-refractivity contribution in [1.82, 2.24) is 14.7 Å². The fourth-order valence-corrected chi connectivity index (χ4v) is 4.35. The van der Waals surface area contributed by atoms with E-state index in [9.17, 15) is 8.42 Å². The van der Waals surface area contributed by atoms with Crippen molar-refractivity contribution >= 4 is 26.6 Å². The number of morpholine rings is 1. The van der Waals surface area contributed by atoms with Gasteiger partial charge in [0.15, 0.2) is 0 Å². The van der Waals surface area contributed by atoms with Gasteiger partial charge in [0.05, 0.1) is 18.1 Å². The molecule has 3 aromatic rings. The number of aryl methyl sites for hydroxylation is 1. The number of nitrogens with zero attached hydrogens (tertiary/aromatic N) is 3. The average Bonchev–Trinajstić information content (AvgIpc) is 2.77. The van der Waals surface area contributed by atoms with Crippen LogP contribution in [0.1, 0.15) is 5.82 Å². The van der Waals surface area contributed by atoms with Crippen molar-refractivity contribution in [2.45, 2.75) is 11.8 Å². The van der Waals surface area contributed by atoms with Crippen LogP contribution in [0.25, 0.3) is 10.8 Å². The first-order chi connectivity index (χ1) is 14.5. The van der Waals surface area contributed by atoms with E-state index in [2.05, 4.69) is 19.6 Å². The van der Waals surface area contributed by atoms with Gasteiger partial charge in [-0.05, 0) is 29.8 Å². The number of nitrogens with one attached hydrogen (secondary N) is 1. The Kier molecular flexibility index (Phi) is 6.12. The highest BCUT2D eigenvalue weighted by molar-refractivity contribution is 7.89. The van der Waals surface area contributed by atoms with E-state index in [-0.39, 0.29) is 18.0 Å². The second-order valence-corrected chi connectivity index (χ2v) is 8.73. The number of benzene rings is 2. The van der Waals surface area contributed by atoms with Crippen LogP contribution in [0.5, 0.6) is 5.88 Å².